The van der Waals surface area contributed by atoms with Crippen molar-refractivity contribution in [3.05, 3.63) is 11.1 Å². The first-order valence-corrected chi connectivity index (χ1v) is 5.91. The van der Waals surface area contributed by atoms with Gasteiger partial charge in [-0.2, -0.15) is 0 Å². The van der Waals surface area contributed by atoms with Crippen molar-refractivity contribution in [2.24, 2.45) is 22.7 Å². The summed E-state index contributed by atoms with van der Waals surface area (Å²) in [5.41, 5.74) is -0.0929. The Kier molecular flexibility index (Phi) is 3.29. The summed E-state index contributed by atoms with van der Waals surface area (Å²) in [4.78, 5) is 11.2. The summed E-state index contributed by atoms with van der Waals surface area (Å²) in [5, 5.41) is 0.556. The molecule has 0 N–H and O–H groups in total. The van der Waals surface area contributed by atoms with Gasteiger partial charge >= 0.3 is 0 Å². The molecule has 15 heavy (non-hydrogen) atoms. The predicted molar refractivity (Wildman–Crippen MR) is 65.0 cm³/mol. The van der Waals surface area contributed by atoms with Crippen LogP contribution in [0.15, 0.2) is 11.1 Å². The van der Waals surface area contributed by atoms with E-state index in [0.717, 1.165) is 5.03 Å². The number of hydrogen-bond donors (Lipinski definition) is 0. The molecule has 1 saturated carbocycles. The molecule has 0 aromatic carbocycles. The molecule has 2 atom stereocenters. The van der Waals surface area contributed by atoms with E-state index in [4.69, 9.17) is 23.2 Å². The first-order valence-electron chi connectivity index (χ1n) is 5.15. The normalized spacial score (nSPS) is 30.2. The zero-order valence-corrected chi connectivity index (χ0v) is 11.4. The summed E-state index contributed by atoms with van der Waals surface area (Å²) in [7, 11) is 0. The lowest BCUT2D eigenvalue weighted by molar-refractivity contribution is -0.113. The Bertz CT molecular complexity index is 310. The summed E-state index contributed by atoms with van der Waals surface area (Å²) in [6.07, 6.45) is 1.99. The van der Waals surface area contributed by atoms with E-state index < -0.39 is 0 Å². The van der Waals surface area contributed by atoms with Crippen molar-refractivity contribution in [3.63, 3.8) is 0 Å². The van der Waals surface area contributed by atoms with Gasteiger partial charge in [0.2, 0.25) is 5.24 Å². The van der Waals surface area contributed by atoms with Crippen LogP contribution in [0.5, 0.6) is 0 Å². The highest BCUT2D eigenvalue weighted by Gasteiger charge is 2.60. The molecule has 0 aromatic heterocycles. The highest BCUT2D eigenvalue weighted by molar-refractivity contribution is 6.64. The molecular weight excluding hydrogens is 231 g/mol. The Morgan fingerprint density at radius 3 is 2.00 bits per heavy atom. The minimum absolute atomic E-state index is 0.0375. The second-order valence-corrected chi connectivity index (χ2v) is 6.67. The number of carbonyl (C=O) groups excluding carboxylic acids is 1. The van der Waals surface area contributed by atoms with E-state index in [9.17, 15) is 4.79 Å². The van der Waals surface area contributed by atoms with E-state index in [2.05, 4.69) is 20.8 Å². The molecule has 0 saturated heterocycles. The first-order chi connectivity index (χ1) is 6.58. The van der Waals surface area contributed by atoms with E-state index in [1.165, 1.54) is 0 Å². The summed E-state index contributed by atoms with van der Waals surface area (Å²) >= 11 is 11.7. The molecule has 0 aromatic rings. The molecular formula is C12H18Cl2O. The number of allylic oxidation sites excluding steroid dienone is 2. The average Bonchev–Trinajstić information content (AvgIpc) is 2.50. The third-order valence-electron chi connectivity index (χ3n) is 3.20. The van der Waals surface area contributed by atoms with Crippen LogP contribution in [0.2, 0.25) is 0 Å². The van der Waals surface area contributed by atoms with Gasteiger partial charge in [-0.15, -0.1) is 0 Å². The monoisotopic (exact) mass is 248 g/mol. The highest BCUT2D eigenvalue weighted by atomic mass is 35.5. The van der Waals surface area contributed by atoms with Crippen molar-refractivity contribution in [3.8, 4) is 0 Å². The van der Waals surface area contributed by atoms with Gasteiger partial charge in [0.05, 0.1) is 0 Å². The molecule has 0 bridgehead atoms. The topological polar surface area (TPSA) is 17.1 Å². The average molecular weight is 249 g/mol. The van der Waals surface area contributed by atoms with Crippen LogP contribution in [-0.4, -0.2) is 5.24 Å². The van der Waals surface area contributed by atoms with Gasteiger partial charge in [-0.25, -0.2) is 0 Å². The van der Waals surface area contributed by atoms with Gasteiger partial charge in [0.1, 0.15) is 0 Å². The standard InChI is InChI=1S/C12H18Cl2O/c1-11(2,3)8(13)6-7-9(10(14)15)12(7,4)5/h6-7,9H,1-5H3. The highest BCUT2D eigenvalue weighted by Crippen LogP contribution is 2.60. The van der Waals surface area contributed by atoms with E-state index in [1.807, 2.05) is 19.9 Å². The zero-order chi connectivity index (χ0) is 12.0. The van der Waals surface area contributed by atoms with Crippen molar-refractivity contribution in [1.29, 1.82) is 0 Å². The van der Waals surface area contributed by atoms with Crippen LogP contribution in [0, 0.1) is 22.7 Å². The summed E-state index contributed by atoms with van der Waals surface area (Å²) < 4.78 is 0. The minimum atomic E-state index is -0.250. The summed E-state index contributed by atoms with van der Waals surface area (Å²) in [6.45, 7) is 10.3. The molecule has 0 aliphatic heterocycles. The number of hydrogen-bond acceptors (Lipinski definition) is 1. The van der Waals surface area contributed by atoms with Crippen LogP contribution in [0.4, 0.5) is 0 Å². The lowest BCUT2D eigenvalue weighted by atomic mass is 9.94. The quantitative estimate of drug-likeness (QED) is 0.670. The van der Waals surface area contributed by atoms with Gasteiger partial charge < -0.3 is 0 Å². The van der Waals surface area contributed by atoms with Gasteiger partial charge in [0.25, 0.3) is 0 Å². The largest absolute Gasteiger partial charge is 0.281 e. The number of carbonyl (C=O) groups is 1. The summed E-state index contributed by atoms with van der Waals surface area (Å²) in [6, 6.07) is 0. The maximum Gasteiger partial charge on any atom is 0.225 e. The van der Waals surface area contributed by atoms with E-state index >= 15 is 0 Å². The van der Waals surface area contributed by atoms with Gasteiger partial charge in [0, 0.05) is 11.0 Å². The molecule has 0 amide bonds. The fourth-order valence-electron chi connectivity index (χ4n) is 1.83. The Hall–Kier alpha value is -0.0100. The molecule has 0 radical (unpaired) electrons. The van der Waals surface area contributed by atoms with Gasteiger partial charge in [-0.1, -0.05) is 52.3 Å². The van der Waals surface area contributed by atoms with E-state index in [0.29, 0.717) is 0 Å². The predicted octanol–water partition coefficient (Wildman–Crippen LogP) is 4.19. The minimum Gasteiger partial charge on any atom is -0.281 e. The Morgan fingerprint density at radius 1 is 1.27 bits per heavy atom. The van der Waals surface area contributed by atoms with Crippen molar-refractivity contribution < 1.29 is 4.79 Å². The maximum absolute atomic E-state index is 11.2. The van der Waals surface area contributed by atoms with Gasteiger partial charge in [0.15, 0.2) is 0 Å². The Labute approximate surface area is 102 Å². The van der Waals surface area contributed by atoms with Crippen LogP contribution in [-0.2, 0) is 4.79 Å². The third kappa shape index (κ3) is 2.57. The smallest absolute Gasteiger partial charge is 0.225 e. The first kappa shape index (κ1) is 13.1. The molecule has 1 aliphatic carbocycles. The van der Waals surface area contributed by atoms with Crippen LogP contribution in [0.3, 0.4) is 0 Å². The second kappa shape index (κ2) is 3.78. The molecule has 1 fully saturated rings. The molecule has 1 nitrogen and oxygen atoms in total. The fourth-order valence-corrected chi connectivity index (χ4v) is 2.38. The van der Waals surface area contributed by atoms with Crippen molar-refractivity contribution in [1.82, 2.24) is 0 Å². The Balaban J connectivity index is 2.83. The van der Waals surface area contributed by atoms with Gasteiger partial charge in [-0.3, -0.25) is 4.79 Å². The zero-order valence-electron chi connectivity index (χ0n) is 9.90. The van der Waals surface area contributed by atoms with Crippen LogP contribution < -0.4 is 0 Å². The van der Waals surface area contributed by atoms with Crippen LogP contribution >= 0.6 is 23.2 Å². The third-order valence-corrected chi connectivity index (χ3v) is 4.13. The van der Waals surface area contributed by atoms with E-state index in [-0.39, 0.29) is 27.9 Å². The molecule has 1 rings (SSSR count). The SMILES string of the molecule is CC(C)(C)C(Cl)=CC1C(C(=O)Cl)C1(C)C. The van der Waals surface area contributed by atoms with E-state index in [1.54, 1.807) is 0 Å². The van der Waals surface area contributed by atoms with Crippen LogP contribution in [0.1, 0.15) is 34.6 Å². The molecule has 1 aliphatic rings. The lowest BCUT2D eigenvalue weighted by Crippen LogP contribution is -2.05. The fraction of sp³-hybridized carbons (Fsp3) is 0.750. The summed E-state index contributed by atoms with van der Waals surface area (Å²) in [5.74, 6) is 0.115. The maximum atomic E-state index is 11.2. The molecule has 86 valence electrons. The molecule has 2 unspecified atom stereocenters. The van der Waals surface area contributed by atoms with Crippen molar-refractivity contribution >= 4 is 28.4 Å². The van der Waals surface area contributed by atoms with Crippen molar-refractivity contribution in [2.45, 2.75) is 34.6 Å². The van der Waals surface area contributed by atoms with Crippen molar-refractivity contribution in [2.75, 3.05) is 0 Å². The lowest BCUT2D eigenvalue weighted by Gasteiger charge is -2.17. The number of halogens is 2. The molecule has 3 heteroatoms. The second-order valence-electron chi connectivity index (χ2n) is 5.89. The van der Waals surface area contributed by atoms with Crippen LogP contribution in [0.25, 0.3) is 0 Å². The molecule has 0 spiro atoms. The Morgan fingerprint density at radius 2 is 1.73 bits per heavy atom. The molecule has 0 heterocycles. The van der Waals surface area contributed by atoms with Gasteiger partial charge in [-0.05, 0) is 28.3 Å². The number of rotatable bonds is 2.